The molecule has 2 aliphatic heterocycles. The minimum atomic E-state index is -4.84. The van der Waals surface area contributed by atoms with Crippen LogP contribution in [0.2, 0.25) is 0 Å². The highest BCUT2D eigenvalue weighted by atomic mass is 32.2. The van der Waals surface area contributed by atoms with E-state index in [4.69, 9.17) is 0 Å². The first-order chi connectivity index (χ1) is 19.4. The van der Waals surface area contributed by atoms with Crippen LogP contribution in [0.4, 0.5) is 28.7 Å². The first-order valence-corrected chi connectivity index (χ1v) is 13.2. The number of imide groups is 1. The first-order valence-electron chi connectivity index (χ1n) is 12.4. The third-order valence-corrected chi connectivity index (χ3v) is 7.12. The number of hydrogen-bond acceptors (Lipinski definition) is 9. The lowest BCUT2D eigenvalue weighted by atomic mass is 9.87. The van der Waals surface area contributed by atoms with Crippen molar-refractivity contribution in [2.45, 2.75) is 38.2 Å². The fraction of sp³-hybridized carbons (Fsp3) is 0.360. The number of thioether (sulfide) groups is 1. The number of alkyl halides is 3. The second-order valence-corrected chi connectivity index (χ2v) is 10.2. The molecule has 16 heteroatoms. The smallest absolute Gasteiger partial charge is 0.465 e. The van der Waals surface area contributed by atoms with Gasteiger partial charge in [-0.1, -0.05) is 12.1 Å². The van der Waals surface area contributed by atoms with Gasteiger partial charge in [0.25, 0.3) is 11.1 Å². The third-order valence-electron chi connectivity index (χ3n) is 6.31. The second-order valence-electron chi connectivity index (χ2n) is 9.19. The van der Waals surface area contributed by atoms with E-state index >= 15 is 0 Å². The molecule has 1 unspecified atom stereocenters. The van der Waals surface area contributed by atoms with Crippen molar-refractivity contribution < 1.29 is 42.2 Å². The number of halogens is 3. The van der Waals surface area contributed by atoms with E-state index in [1.165, 1.54) is 24.4 Å². The highest BCUT2D eigenvalue weighted by Gasteiger charge is 2.32. The molecule has 2 fully saturated rings. The summed E-state index contributed by atoms with van der Waals surface area (Å²) in [6.45, 7) is 0.887. The summed E-state index contributed by atoms with van der Waals surface area (Å²) in [7, 11) is 0. The average Bonchev–Trinajstić information content (AvgIpc) is 3.22. The molecule has 4 N–H and O–H groups in total. The maximum absolute atomic E-state index is 12.6. The molecule has 4 amide bonds. The molecule has 2 saturated heterocycles. The Balaban J connectivity index is 1.32. The van der Waals surface area contributed by atoms with E-state index in [-0.39, 0.29) is 23.8 Å². The van der Waals surface area contributed by atoms with Crippen molar-refractivity contribution in [3.8, 4) is 5.75 Å². The molecular weight excluding hydrogens is 569 g/mol. The molecule has 3 heterocycles. The Hall–Kier alpha value is -4.34. The van der Waals surface area contributed by atoms with Gasteiger partial charge in [-0.15, -0.1) is 13.2 Å². The van der Waals surface area contributed by atoms with Gasteiger partial charge in [0.15, 0.2) is 0 Å². The van der Waals surface area contributed by atoms with Gasteiger partial charge in [-0.2, -0.15) is 0 Å². The summed E-state index contributed by atoms with van der Waals surface area (Å²) in [4.78, 5) is 58.1. The Morgan fingerprint density at radius 1 is 1.24 bits per heavy atom. The molecule has 0 radical (unpaired) electrons. The molecule has 2 aromatic rings. The topological polar surface area (TPSA) is 163 Å². The van der Waals surface area contributed by atoms with Crippen LogP contribution in [0.25, 0.3) is 6.08 Å². The molecule has 1 aromatic heterocycles. The fourth-order valence-electron chi connectivity index (χ4n) is 4.47. The fourth-order valence-corrected chi connectivity index (χ4v) is 5.14. The summed E-state index contributed by atoms with van der Waals surface area (Å²) >= 11 is 0.781. The Kier molecular flexibility index (Phi) is 9.31. The molecule has 1 aromatic carbocycles. The number of anilines is 1. The molecule has 0 saturated carbocycles. The Morgan fingerprint density at radius 2 is 2.00 bits per heavy atom. The van der Waals surface area contributed by atoms with Crippen LogP contribution in [-0.2, 0) is 16.1 Å². The monoisotopic (exact) mass is 594 g/mol. The summed E-state index contributed by atoms with van der Waals surface area (Å²) in [5.41, 5.74) is 0.829. The summed E-state index contributed by atoms with van der Waals surface area (Å²) in [5, 5.41) is 16.1. The number of nitrogens with one attached hydrogen (secondary N) is 3. The Morgan fingerprint density at radius 3 is 2.66 bits per heavy atom. The van der Waals surface area contributed by atoms with Crippen LogP contribution in [0.3, 0.4) is 0 Å². The number of ether oxygens (including phenoxy) is 1. The van der Waals surface area contributed by atoms with E-state index in [9.17, 15) is 37.5 Å². The molecule has 2 aliphatic rings. The van der Waals surface area contributed by atoms with E-state index in [1.807, 2.05) is 4.90 Å². The number of carbonyl (C=O) groups excluding carboxylic acids is 3. The number of amides is 4. The lowest BCUT2D eigenvalue weighted by Crippen LogP contribution is -2.47. The largest absolute Gasteiger partial charge is 0.573 e. The highest BCUT2D eigenvalue weighted by Crippen LogP contribution is 2.28. The predicted molar refractivity (Wildman–Crippen MR) is 141 cm³/mol. The number of carboxylic acid groups (broad SMARTS) is 1. The maximum atomic E-state index is 12.6. The molecular formula is C25H25F3N6O6S. The lowest BCUT2D eigenvalue weighted by molar-refractivity contribution is -0.274. The number of aromatic nitrogens is 2. The average molecular weight is 595 g/mol. The van der Waals surface area contributed by atoms with Crippen LogP contribution in [0.1, 0.15) is 30.5 Å². The second kappa shape index (κ2) is 12.9. The molecule has 0 aliphatic carbocycles. The Labute approximate surface area is 235 Å². The quantitative estimate of drug-likeness (QED) is 0.317. The van der Waals surface area contributed by atoms with Gasteiger partial charge < -0.3 is 25.4 Å². The number of benzene rings is 1. The molecule has 4 rings (SSSR count). The van der Waals surface area contributed by atoms with Crippen molar-refractivity contribution in [1.29, 1.82) is 0 Å². The minimum Gasteiger partial charge on any atom is -0.465 e. The molecule has 218 valence electrons. The van der Waals surface area contributed by atoms with Crippen molar-refractivity contribution in [2.75, 3.05) is 18.0 Å². The molecule has 0 bridgehead atoms. The van der Waals surface area contributed by atoms with E-state index in [0.717, 1.165) is 23.9 Å². The van der Waals surface area contributed by atoms with Gasteiger partial charge in [-0.05, 0) is 60.4 Å². The van der Waals surface area contributed by atoms with Crippen LogP contribution < -0.4 is 25.6 Å². The zero-order chi connectivity index (χ0) is 29.6. The third kappa shape index (κ3) is 8.83. The van der Waals surface area contributed by atoms with Gasteiger partial charge in [-0.3, -0.25) is 19.7 Å². The number of rotatable bonds is 9. The number of piperidine rings is 1. The van der Waals surface area contributed by atoms with E-state index in [1.54, 1.807) is 6.07 Å². The van der Waals surface area contributed by atoms with E-state index in [2.05, 4.69) is 30.7 Å². The number of carbonyl (C=O) groups is 4. The van der Waals surface area contributed by atoms with Crippen molar-refractivity contribution in [1.82, 2.24) is 25.9 Å². The van der Waals surface area contributed by atoms with Crippen molar-refractivity contribution in [3.05, 3.63) is 52.7 Å². The summed E-state index contributed by atoms with van der Waals surface area (Å²) in [6, 6.07) is 6.11. The molecule has 12 nitrogen and oxygen atoms in total. The van der Waals surface area contributed by atoms with Gasteiger partial charge in [0.05, 0.1) is 10.6 Å². The zero-order valence-electron chi connectivity index (χ0n) is 21.3. The highest BCUT2D eigenvalue weighted by molar-refractivity contribution is 8.18. The van der Waals surface area contributed by atoms with Crippen molar-refractivity contribution in [3.63, 3.8) is 0 Å². The van der Waals surface area contributed by atoms with Gasteiger partial charge in [0.1, 0.15) is 5.75 Å². The minimum absolute atomic E-state index is 0.0652. The van der Waals surface area contributed by atoms with Crippen LogP contribution in [0.15, 0.2) is 41.4 Å². The first kappa shape index (κ1) is 29.6. The number of nitrogens with zero attached hydrogens (tertiary/aromatic N) is 3. The normalized spacial score (nSPS) is 17.7. The molecule has 41 heavy (non-hydrogen) atoms. The summed E-state index contributed by atoms with van der Waals surface area (Å²) in [6.07, 6.45) is -2.20. The molecule has 1 atom stereocenters. The van der Waals surface area contributed by atoms with Crippen molar-refractivity contribution >= 4 is 46.9 Å². The number of hydrogen-bond donors (Lipinski definition) is 4. The van der Waals surface area contributed by atoms with Gasteiger partial charge >= 0.3 is 12.5 Å². The predicted octanol–water partition coefficient (Wildman–Crippen LogP) is 3.26. The van der Waals surface area contributed by atoms with E-state index in [0.29, 0.717) is 43.1 Å². The summed E-state index contributed by atoms with van der Waals surface area (Å²) < 4.78 is 41.3. The van der Waals surface area contributed by atoms with Crippen LogP contribution in [-0.4, -0.2) is 63.7 Å². The SMILES string of the molecule is O=C(O)NC(CC(=O)NCc1cccc(OC(F)(F)F)c1)C1CCN(c2nccc(C=C3SC(=O)NC3=O)n2)CC1. The van der Waals surface area contributed by atoms with E-state index < -0.39 is 41.3 Å². The maximum Gasteiger partial charge on any atom is 0.573 e. The zero-order valence-corrected chi connectivity index (χ0v) is 22.1. The summed E-state index contributed by atoms with van der Waals surface area (Å²) in [5.74, 6) is -1.14. The van der Waals surface area contributed by atoms with Gasteiger partial charge in [0.2, 0.25) is 11.9 Å². The lowest BCUT2D eigenvalue weighted by Gasteiger charge is -2.35. The van der Waals surface area contributed by atoms with Crippen LogP contribution in [0, 0.1) is 5.92 Å². The standard InChI is InChI=1S/C25H25F3N6O6S/c26-25(27,28)40-17-3-1-2-14(10-17)13-30-20(35)12-18(32-23(37)38)15-5-8-34(9-6-15)22-29-7-4-16(31-22)11-19-21(36)33-24(39)41-19/h1-4,7,10-11,15,18,32H,5-6,8-9,12-13H2,(H,30,35)(H,37,38)(H,33,36,39). The molecule has 0 spiro atoms. The van der Waals surface area contributed by atoms with Gasteiger partial charge in [-0.25, -0.2) is 14.8 Å². The van der Waals surface area contributed by atoms with Gasteiger partial charge in [0, 0.05) is 38.3 Å². The Bertz CT molecular complexity index is 1350. The van der Waals surface area contributed by atoms with Crippen molar-refractivity contribution in [2.24, 2.45) is 5.92 Å². The van der Waals surface area contributed by atoms with Crippen LogP contribution >= 0.6 is 11.8 Å². The van der Waals surface area contributed by atoms with Crippen LogP contribution in [0.5, 0.6) is 5.75 Å².